The van der Waals surface area contributed by atoms with Crippen molar-refractivity contribution in [2.24, 2.45) is 0 Å². The lowest BCUT2D eigenvalue weighted by Gasteiger charge is -2.19. The summed E-state index contributed by atoms with van der Waals surface area (Å²) >= 11 is 3.32. The van der Waals surface area contributed by atoms with Crippen molar-refractivity contribution in [1.29, 1.82) is 0 Å². The summed E-state index contributed by atoms with van der Waals surface area (Å²) in [6.45, 7) is 0.718. The van der Waals surface area contributed by atoms with Gasteiger partial charge in [0.2, 0.25) is 5.91 Å². The Morgan fingerprint density at radius 2 is 1.75 bits per heavy atom. The molecule has 0 bridgehead atoms. The first-order valence-electron chi connectivity index (χ1n) is 8.93. The summed E-state index contributed by atoms with van der Waals surface area (Å²) in [6, 6.07) is 12.6. The van der Waals surface area contributed by atoms with E-state index >= 15 is 0 Å². The molecule has 0 aliphatic carbocycles. The van der Waals surface area contributed by atoms with Gasteiger partial charge in [-0.15, -0.1) is 0 Å². The molecule has 0 unspecified atom stereocenters. The third kappa shape index (κ3) is 4.25. The molecule has 3 rings (SSSR count). The number of hydrogen-bond acceptors (Lipinski definition) is 4. The van der Waals surface area contributed by atoms with E-state index in [9.17, 15) is 14.4 Å². The molecular weight excluding hydrogens is 424 g/mol. The zero-order valence-corrected chi connectivity index (χ0v) is 17.4. The predicted octanol–water partition coefficient (Wildman–Crippen LogP) is 3.49. The van der Waals surface area contributed by atoms with Crippen LogP contribution in [0.15, 0.2) is 46.9 Å². The molecule has 1 aliphatic heterocycles. The minimum absolute atomic E-state index is 0.0322. The SMILES string of the molecule is COc1ccc(CN(C)C(=O)CCCN2C(=O)c3ccc(Br)cc3C2=O)cc1. The van der Waals surface area contributed by atoms with E-state index in [1.807, 2.05) is 24.3 Å². The standard InChI is InChI=1S/C21H21BrN2O4/c1-23(13-14-5-8-16(28-2)9-6-14)19(25)4-3-11-24-20(26)17-10-7-15(22)12-18(17)21(24)27/h5-10,12H,3-4,11,13H2,1-2H3. The Bertz CT molecular complexity index is 911. The van der Waals surface area contributed by atoms with E-state index in [1.54, 1.807) is 37.3 Å². The molecule has 0 spiro atoms. The largest absolute Gasteiger partial charge is 0.497 e. The van der Waals surface area contributed by atoms with Crippen molar-refractivity contribution in [2.75, 3.05) is 20.7 Å². The molecule has 28 heavy (non-hydrogen) atoms. The monoisotopic (exact) mass is 444 g/mol. The number of fused-ring (bicyclic) bond motifs is 1. The first kappa shape index (κ1) is 20.1. The van der Waals surface area contributed by atoms with Gasteiger partial charge in [-0.3, -0.25) is 19.3 Å². The molecule has 7 heteroatoms. The lowest BCUT2D eigenvalue weighted by molar-refractivity contribution is -0.130. The van der Waals surface area contributed by atoms with Gasteiger partial charge in [0.25, 0.3) is 11.8 Å². The number of rotatable bonds is 7. The summed E-state index contributed by atoms with van der Waals surface area (Å²) in [4.78, 5) is 40.1. The van der Waals surface area contributed by atoms with Crippen LogP contribution in [0.25, 0.3) is 0 Å². The minimum Gasteiger partial charge on any atom is -0.497 e. The second-order valence-corrected chi connectivity index (χ2v) is 7.57. The normalized spacial score (nSPS) is 12.9. The second kappa shape index (κ2) is 8.56. The van der Waals surface area contributed by atoms with Gasteiger partial charge in [-0.05, 0) is 42.3 Å². The van der Waals surface area contributed by atoms with Gasteiger partial charge >= 0.3 is 0 Å². The average Bonchev–Trinajstić information content (AvgIpc) is 2.92. The van der Waals surface area contributed by atoms with Crippen molar-refractivity contribution in [3.63, 3.8) is 0 Å². The summed E-state index contributed by atoms with van der Waals surface area (Å²) in [5.41, 5.74) is 1.82. The van der Waals surface area contributed by atoms with E-state index in [-0.39, 0.29) is 30.7 Å². The number of ether oxygens (including phenoxy) is 1. The van der Waals surface area contributed by atoms with Crippen LogP contribution in [0.3, 0.4) is 0 Å². The van der Waals surface area contributed by atoms with Crippen LogP contribution in [-0.4, -0.2) is 48.2 Å². The zero-order chi connectivity index (χ0) is 20.3. The van der Waals surface area contributed by atoms with Crippen LogP contribution < -0.4 is 4.74 Å². The summed E-state index contributed by atoms with van der Waals surface area (Å²) in [5.74, 6) is 0.132. The van der Waals surface area contributed by atoms with E-state index in [2.05, 4.69) is 15.9 Å². The Morgan fingerprint density at radius 1 is 1.07 bits per heavy atom. The molecule has 146 valence electrons. The minimum atomic E-state index is -0.305. The average molecular weight is 445 g/mol. The van der Waals surface area contributed by atoms with Crippen molar-refractivity contribution < 1.29 is 19.1 Å². The molecule has 0 atom stereocenters. The lowest BCUT2D eigenvalue weighted by Crippen LogP contribution is -2.32. The first-order valence-corrected chi connectivity index (χ1v) is 9.72. The highest BCUT2D eigenvalue weighted by Crippen LogP contribution is 2.26. The van der Waals surface area contributed by atoms with Crippen LogP contribution in [0.4, 0.5) is 0 Å². The summed E-state index contributed by atoms with van der Waals surface area (Å²) < 4.78 is 5.88. The lowest BCUT2D eigenvalue weighted by atomic mass is 10.1. The molecule has 0 saturated heterocycles. The zero-order valence-electron chi connectivity index (χ0n) is 15.8. The molecule has 6 nitrogen and oxygen atoms in total. The van der Waals surface area contributed by atoms with Crippen molar-refractivity contribution >= 4 is 33.7 Å². The molecule has 2 aromatic rings. The Morgan fingerprint density at radius 3 is 2.43 bits per heavy atom. The van der Waals surface area contributed by atoms with Crippen LogP contribution in [0.1, 0.15) is 39.1 Å². The van der Waals surface area contributed by atoms with E-state index < -0.39 is 0 Å². The van der Waals surface area contributed by atoms with Crippen molar-refractivity contribution in [2.45, 2.75) is 19.4 Å². The fourth-order valence-electron chi connectivity index (χ4n) is 3.14. The van der Waals surface area contributed by atoms with Crippen molar-refractivity contribution in [3.05, 3.63) is 63.6 Å². The van der Waals surface area contributed by atoms with Gasteiger partial charge in [-0.25, -0.2) is 0 Å². The first-order chi connectivity index (χ1) is 13.4. The summed E-state index contributed by atoms with van der Waals surface area (Å²) in [6.07, 6.45) is 0.697. The topological polar surface area (TPSA) is 66.9 Å². The van der Waals surface area contributed by atoms with Gasteiger partial charge in [-0.1, -0.05) is 28.1 Å². The molecule has 0 aromatic heterocycles. The molecule has 3 amide bonds. The predicted molar refractivity (Wildman–Crippen MR) is 108 cm³/mol. The smallest absolute Gasteiger partial charge is 0.261 e. The number of carbonyl (C=O) groups excluding carboxylic acids is 3. The molecule has 0 fully saturated rings. The number of carbonyl (C=O) groups is 3. The highest BCUT2D eigenvalue weighted by molar-refractivity contribution is 9.10. The molecule has 0 saturated carbocycles. The summed E-state index contributed by atoms with van der Waals surface area (Å²) in [5, 5.41) is 0. The van der Waals surface area contributed by atoms with Gasteiger partial charge < -0.3 is 9.64 Å². The Balaban J connectivity index is 1.51. The van der Waals surface area contributed by atoms with E-state index in [0.717, 1.165) is 15.8 Å². The molecule has 1 heterocycles. The molecule has 0 radical (unpaired) electrons. The number of imide groups is 1. The summed E-state index contributed by atoms with van der Waals surface area (Å²) in [7, 11) is 3.35. The van der Waals surface area contributed by atoms with Crippen LogP contribution >= 0.6 is 15.9 Å². The van der Waals surface area contributed by atoms with Crippen LogP contribution in [0.2, 0.25) is 0 Å². The van der Waals surface area contributed by atoms with E-state index in [0.29, 0.717) is 24.1 Å². The number of methoxy groups -OCH3 is 1. The van der Waals surface area contributed by atoms with Crippen molar-refractivity contribution in [1.82, 2.24) is 9.80 Å². The number of hydrogen-bond donors (Lipinski definition) is 0. The van der Waals surface area contributed by atoms with E-state index in [4.69, 9.17) is 4.74 Å². The molecule has 2 aromatic carbocycles. The highest BCUT2D eigenvalue weighted by atomic mass is 79.9. The van der Waals surface area contributed by atoms with Gasteiger partial charge in [0, 0.05) is 31.0 Å². The second-order valence-electron chi connectivity index (χ2n) is 6.65. The van der Waals surface area contributed by atoms with Gasteiger partial charge in [0.1, 0.15) is 5.75 Å². The maximum Gasteiger partial charge on any atom is 0.261 e. The van der Waals surface area contributed by atoms with Crippen LogP contribution in [0, 0.1) is 0 Å². The fourth-order valence-corrected chi connectivity index (χ4v) is 3.50. The molecule has 1 aliphatic rings. The third-order valence-corrected chi connectivity index (χ3v) is 5.20. The van der Waals surface area contributed by atoms with Gasteiger partial charge in [0.15, 0.2) is 0 Å². The quantitative estimate of drug-likeness (QED) is 0.612. The molecular formula is C21H21BrN2O4. The molecule has 0 N–H and O–H groups in total. The maximum atomic E-state index is 12.4. The fraction of sp³-hybridized carbons (Fsp3) is 0.286. The number of nitrogens with zero attached hydrogens (tertiary/aromatic N) is 2. The third-order valence-electron chi connectivity index (χ3n) is 4.71. The Labute approximate surface area is 172 Å². The highest BCUT2D eigenvalue weighted by Gasteiger charge is 2.35. The number of halogens is 1. The Kier molecular flexibility index (Phi) is 6.14. The van der Waals surface area contributed by atoms with Crippen LogP contribution in [-0.2, 0) is 11.3 Å². The van der Waals surface area contributed by atoms with Gasteiger partial charge in [-0.2, -0.15) is 0 Å². The van der Waals surface area contributed by atoms with E-state index in [1.165, 1.54) is 4.90 Å². The van der Waals surface area contributed by atoms with Gasteiger partial charge in [0.05, 0.1) is 18.2 Å². The number of benzene rings is 2. The van der Waals surface area contributed by atoms with Crippen molar-refractivity contribution in [3.8, 4) is 5.75 Å². The number of amides is 3. The maximum absolute atomic E-state index is 12.4. The van der Waals surface area contributed by atoms with Crippen LogP contribution in [0.5, 0.6) is 5.75 Å². The Hall–Kier alpha value is -2.67.